The molecular weight excluding hydrogens is 359 g/mol. The van der Waals surface area contributed by atoms with Crippen molar-refractivity contribution >= 4 is 24.0 Å². The van der Waals surface area contributed by atoms with Crippen LogP contribution < -0.4 is 15.8 Å². The average Bonchev–Trinajstić information content (AvgIpc) is 2.52. The highest BCUT2D eigenvalue weighted by Gasteiger charge is 2.62. The largest absolute Gasteiger partial charge is 0.487 e. The molecule has 0 spiro atoms. The monoisotopic (exact) mass is 386 g/mol. The van der Waals surface area contributed by atoms with Gasteiger partial charge >= 0.3 is 0 Å². The summed E-state index contributed by atoms with van der Waals surface area (Å²) in [6.07, 6.45) is 3.55. The highest BCUT2D eigenvalue weighted by molar-refractivity contribution is 5.99. The molecule has 2 saturated carbocycles. The number of amides is 1. The first-order chi connectivity index (χ1) is 11.8. The maximum atomic E-state index is 14.2. The second-order valence-corrected chi connectivity index (χ2v) is 7.61. The summed E-state index contributed by atoms with van der Waals surface area (Å²) in [5.41, 5.74) is 5.20. The van der Waals surface area contributed by atoms with Gasteiger partial charge in [0.1, 0.15) is 5.54 Å². The third-order valence-electron chi connectivity index (χ3n) is 5.77. The van der Waals surface area contributed by atoms with Crippen molar-refractivity contribution in [2.24, 2.45) is 11.1 Å². The molecule has 7 heteroatoms. The molecule has 2 aliphatic carbocycles. The summed E-state index contributed by atoms with van der Waals surface area (Å²) in [7, 11) is 0. The van der Waals surface area contributed by atoms with E-state index in [-0.39, 0.29) is 36.3 Å². The SMILES string of the molecule is CCOC1CC(N)(C(=O)Nc2ccc(OC3CCC3)c(F)c2)C1(C)C.Cl. The number of anilines is 1. The first kappa shape index (κ1) is 20.9. The van der Waals surface area contributed by atoms with Gasteiger partial charge in [-0.2, -0.15) is 0 Å². The normalized spacial score (nSPS) is 26.9. The fourth-order valence-corrected chi connectivity index (χ4v) is 3.41. The van der Waals surface area contributed by atoms with E-state index in [4.69, 9.17) is 15.2 Å². The molecule has 3 rings (SSSR count). The third kappa shape index (κ3) is 3.55. The van der Waals surface area contributed by atoms with Crippen LogP contribution >= 0.6 is 12.4 Å². The number of carbonyl (C=O) groups excluding carboxylic acids is 1. The number of halogens is 2. The molecule has 26 heavy (non-hydrogen) atoms. The molecule has 0 aliphatic heterocycles. The van der Waals surface area contributed by atoms with E-state index in [0.717, 1.165) is 19.3 Å². The molecule has 1 amide bonds. The van der Waals surface area contributed by atoms with Crippen LogP contribution in [0.4, 0.5) is 10.1 Å². The Morgan fingerprint density at radius 1 is 1.38 bits per heavy atom. The number of nitrogens with one attached hydrogen (secondary N) is 1. The Labute approximate surface area is 160 Å². The standard InChI is InChI=1S/C19H27FN2O3.ClH/c1-4-24-16-11-19(21,18(16,2)3)17(23)22-12-8-9-15(14(20)10-12)25-13-6-5-7-13;/h8-10,13,16H,4-7,11,21H2,1-3H3,(H,22,23);1H. The van der Waals surface area contributed by atoms with E-state index in [1.807, 2.05) is 20.8 Å². The zero-order valence-electron chi connectivity index (χ0n) is 15.5. The van der Waals surface area contributed by atoms with Gasteiger partial charge in [0.15, 0.2) is 11.6 Å². The van der Waals surface area contributed by atoms with Gasteiger partial charge in [-0.05, 0) is 38.3 Å². The van der Waals surface area contributed by atoms with Gasteiger partial charge in [-0.15, -0.1) is 12.4 Å². The first-order valence-corrected chi connectivity index (χ1v) is 8.96. The van der Waals surface area contributed by atoms with E-state index in [1.165, 1.54) is 6.07 Å². The third-order valence-corrected chi connectivity index (χ3v) is 5.77. The van der Waals surface area contributed by atoms with Crippen molar-refractivity contribution in [3.05, 3.63) is 24.0 Å². The fraction of sp³-hybridized carbons (Fsp3) is 0.632. The lowest BCUT2D eigenvalue weighted by atomic mass is 9.54. The van der Waals surface area contributed by atoms with Crippen molar-refractivity contribution in [3.8, 4) is 5.75 Å². The maximum absolute atomic E-state index is 14.2. The van der Waals surface area contributed by atoms with E-state index in [2.05, 4.69) is 5.32 Å². The molecule has 5 nitrogen and oxygen atoms in total. The lowest BCUT2D eigenvalue weighted by molar-refractivity contribution is -0.166. The van der Waals surface area contributed by atoms with Crippen molar-refractivity contribution in [2.45, 2.75) is 64.2 Å². The summed E-state index contributed by atoms with van der Waals surface area (Å²) < 4.78 is 25.4. The lowest BCUT2D eigenvalue weighted by Gasteiger charge is -2.57. The van der Waals surface area contributed by atoms with Crippen molar-refractivity contribution in [1.29, 1.82) is 0 Å². The Morgan fingerprint density at radius 3 is 2.58 bits per heavy atom. The highest BCUT2D eigenvalue weighted by atomic mass is 35.5. The van der Waals surface area contributed by atoms with Crippen LogP contribution in [0.5, 0.6) is 5.75 Å². The molecule has 2 aliphatic rings. The Bertz CT molecular complexity index is 666. The molecule has 3 N–H and O–H groups in total. The molecule has 0 heterocycles. The number of benzene rings is 1. The summed E-state index contributed by atoms with van der Waals surface area (Å²) >= 11 is 0. The Balaban J connectivity index is 0.00000243. The molecule has 0 bridgehead atoms. The van der Waals surface area contributed by atoms with Gasteiger partial charge in [0.25, 0.3) is 0 Å². The van der Waals surface area contributed by atoms with Crippen molar-refractivity contribution in [3.63, 3.8) is 0 Å². The molecule has 146 valence electrons. The van der Waals surface area contributed by atoms with Crippen LogP contribution in [0.1, 0.15) is 46.5 Å². The van der Waals surface area contributed by atoms with Crippen molar-refractivity contribution < 1.29 is 18.7 Å². The molecule has 2 fully saturated rings. The van der Waals surface area contributed by atoms with Crippen molar-refractivity contribution in [2.75, 3.05) is 11.9 Å². The minimum Gasteiger partial charge on any atom is -0.487 e. The first-order valence-electron chi connectivity index (χ1n) is 8.96. The molecule has 2 unspecified atom stereocenters. The van der Waals surface area contributed by atoms with Crippen LogP contribution in [0.25, 0.3) is 0 Å². The average molecular weight is 387 g/mol. The van der Waals surface area contributed by atoms with Gasteiger partial charge in [-0.3, -0.25) is 4.79 Å². The predicted octanol–water partition coefficient (Wildman–Crippen LogP) is 3.65. The zero-order valence-corrected chi connectivity index (χ0v) is 16.3. The van der Waals surface area contributed by atoms with E-state index >= 15 is 0 Å². The summed E-state index contributed by atoms with van der Waals surface area (Å²) in [5, 5.41) is 2.74. The topological polar surface area (TPSA) is 73.6 Å². The molecule has 0 radical (unpaired) electrons. The van der Waals surface area contributed by atoms with E-state index < -0.39 is 16.8 Å². The second-order valence-electron chi connectivity index (χ2n) is 7.61. The number of nitrogens with two attached hydrogens (primary N) is 1. The molecule has 0 saturated heterocycles. The summed E-state index contributed by atoms with van der Waals surface area (Å²) in [5.74, 6) is -0.568. The fourth-order valence-electron chi connectivity index (χ4n) is 3.41. The second kappa shape index (κ2) is 7.71. The summed E-state index contributed by atoms with van der Waals surface area (Å²) in [6.45, 7) is 6.35. The van der Waals surface area contributed by atoms with Gasteiger partial charge < -0.3 is 20.5 Å². The summed E-state index contributed by atoms with van der Waals surface area (Å²) in [4.78, 5) is 12.7. The van der Waals surface area contributed by atoms with Gasteiger partial charge in [-0.1, -0.05) is 13.8 Å². The molecule has 1 aromatic rings. The number of rotatable bonds is 6. The number of ether oxygens (including phenoxy) is 2. The van der Waals surface area contributed by atoms with E-state index in [1.54, 1.807) is 12.1 Å². The Kier molecular flexibility index (Phi) is 6.20. The molecule has 1 aromatic carbocycles. The van der Waals surface area contributed by atoms with Gasteiger partial charge in [0.05, 0.1) is 12.2 Å². The van der Waals surface area contributed by atoms with Crippen LogP contribution in [-0.4, -0.2) is 30.3 Å². The number of carbonyl (C=O) groups is 1. The quantitative estimate of drug-likeness (QED) is 0.782. The highest BCUT2D eigenvalue weighted by Crippen LogP contribution is 2.50. The predicted molar refractivity (Wildman–Crippen MR) is 101 cm³/mol. The van der Waals surface area contributed by atoms with Crippen LogP contribution in [0.3, 0.4) is 0 Å². The maximum Gasteiger partial charge on any atom is 0.245 e. The van der Waals surface area contributed by atoms with Gasteiger partial charge in [0.2, 0.25) is 5.91 Å². The number of hydrogen-bond acceptors (Lipinski definition) is 4. The van der Waals surface area contributed by atoms with Gasteiger partial charge in [-0.25, -0.2) is 4.39 Å². The molecule has 0 aromatic heterocycles. The van der Waals surface area contributed by atoms with E-state index in [0.29, 0.717) is 18.7 Å². The smallest absolute Gasteiger partial charge is 0.245 e. The van der Waals surface area contributed by atoms with Gasteiger partial charge in [0, 0.05) is 30.2 Å². The van der Waals surface area contributed by atoms with Crippen LogP contribution in [-0.2, 0) is 9.53 Å². The molecular formula is C19H28ClFN2O3. The Morgan fingerprint density at radius 2 is 2.08 bits per heavy atom. The van der Waals surface area contributed by atoms with Crippen LogP contribution in [0.2, 0.25) is 0 Å². The van der Waals surface area contributed by atoms with E-state index in [9.17, 15) is 9.18 Å². The minimum absolute atomic E-state index is 0. The summed E-state index contributed by atoms with van der Waals surface area (Å²) in [6, 6.07) is 4.48. The Hall–Kier alpha value is -1.37. The number of hydrogen-bond donors (Lipinski definition) is 2. The van der Waals surface area contributed by atoms with Crippen LogP contribution in [0, 0.1) is 11.2 Å². The lowest BCUT2D eigenvalue weighted by Crippen LogP contribution is -2.74. The zero-order chi connectivity index (χ0) is 18.2. The van der Waals surface area contributed by atoms with Crippen LogP contribution in [0.15, 0.2) is 18.2 Å². The van der Waals surface area contributed by atoms with Crippen molar-refractivity contribution in [1.82, 2.24) is 0 Å². The molecule has 2 atom stereocenters. The minimum atomic E-state index is -1.04.